The van der Waals surface area contributed by atoms with Gasteiger partial charge in [0, 0.05) is 11.9 Å². The topological polar surface area (TPSA) is 12.0 Å². The normalized spacial score (nSPS) is 10.8. The van der Waals surface area contributed by atoms with Gasteiger partial charge in [0.15, 0.2) is 0 Å². The third-order valence-corrected chi connectivity index (χ3v) is 2.53. The Hall–Kier alpha value is -1.41. The fourth-order valence-electron chi connectivity index (χ4n) is 1.74. The molecule has 0 aliphatic rings. The van der Waals surface area contributed by atoms with Gasteiger partial charge in [-0.2, -0.15) is 0 Å². The number of fused-ring (bicyclic) bond motifs is 1. The van der Waals surface area contributed by atoms with Crippen LogP contribution >= 0.6 is 0 Å². The number of halogens is 1. The van der Waals surface area contributed by atoms with E-state index >= 15 is 0 Å². The lowest BCUT2D eigenvalue weighted by Gasteiger charge is -2.07. The Morgan fingerprint density at radius 2 is 1.80 bits per heavy atom. The Balaban J connectivity index is 2.51. The van der Waals surface area contributed by atoms with Gasteiger partial charge in [-0.3, -0.25) is 0 Å². The van der Waals surface area contributed by atoms with Crippen molar-refractivity contribution in [1.82, 2.24) is 5.32 Å². The molecule has 0 aromatic heterocycles. The van der Waals surface area contributed by atoms with E-state index in [1.165, 1.54) is 6.07 Å². The summed E-state index contributed by atoms with van der Waals surface area (Å²) < 4.78 is 13.5. The summed E-state index contributed by atoms with van der Waals surface area (Å²) in [6.45, 7) is 3.77. The maximum Gasteiger partial charge on any atom is 0.131 e. The van der Waals surface area contributed by atoms with E-state index < -0.39 is 0 Å². The molecule has 2 aromatic carbocycles. The van der Waals surface area contributed by atoms with Crippen molar-refractivity contribution in [3.8, 4) is 0 Å². The third kappa shape index (κ3) is 2.00. The summed E-state index contributed by atoms with van der Waals surface area (Å²) in [5.74, 6) is -0.147. The number of hydrogen-bond acceptors (Lipinski definition) is 1. The van der Waals surface area contributed by atoms with Crippen LogP contribution in [0.3, 0.4) is 0 Å². The van der Waals surface area contributed by atoms with Crippen LogP contribution in [0.25, 0.3) is 10.8 Å². The molecular weight excluding hydrogens is 189 g/mol. The quantitative estimate of drug-likeness (QED) is 0.808. The Morgan fingerprint density at radius 3 is 2.53 bits per heavy atom. The molecule has 0 aliphatic heterocycles. The van der Waals surface area contributed by atoms with Crippen LogP contribution in [0.2, 0.25) is 0 Å². The lowest BCUT2D eigenvalue weighted by molar-refractivity contribution is 0.638. The van der Waals surface area contributed by atoms with Gasteiger partial charge in [-0.25, -0.2) is 4.39 Å². The third-order valence-electron chi connectivity index (χ3n) is 2.53. The summed E-state index contributed by atoms with van der Waals surface area (Å²) >= 11 is 0. The minimum Gasteiger partial charge on any atom is -0.313 e. The molecule has 0 radical (unpaired) electrons. The number of benzene rings is 2. The maximum absolute atomic E-state index is 13.5. The molecular formula is C13H14FN. The Bertz CT molecular complexity index is 465. The summed E-state index contributed by atoms with van der Waals surface area (Å²) in [5.41, 5.74) is 1.15. The van der Waals surface area contributed by atoms with Gasteiger partial charge >= 0.3 is 0 Å². The van der Waals surface area contributed by atoms with Crippen LogP contribution in [0, 0.1) is 5.82 Å². The molecule has 0 heterocycles. The first kappa shape index (κ1) is 10.1. The minimum absolute atomic E-state index is 0.147. The van der Waals surface area contributed by atoms with Crippen LogP contribution in [0.15, 0.2) is 36.4 Å². The SMILES string of the molecule is CCNCc1ccc(F)c2ccccc12. The van der Waals surface area contributed by atoms with E-state index in [4.69, 9.17) is 0 Å². The summed E-state index contributed by atoms with van der Waals surface area (Å²) in [6.07, 6.45) is 0. The van der Waals surface area contributed by atoms with Crippen molar-refractivity contribution in [1.29, 1.82) is 0 Å². The molecule has 0 amide bonds. The van der Waals surface area contributed by atoms with Crippen molar-refractivity contribution in [2.75, 3.05) is 6.54 Å². The van der Waals surface area contributed by atoms with Crippen LogP contribution in [-0.2, 0) is 6.54 Å². The van der Waals surface area contributed by atoms with Crippen molar-refractivity contribution in [2.45, 2.75) is 13.5 Å². The van der Waals surface area contributed by atoms with E-state index in [1.54, 1.807) is 0 Å². The predicted octanol–water partition coefficient (Wildman–Crippen LogP) is 3.09. The van der Waals surface area contributed by atoms with E-state index in [0.717, 1.165) is 24.0 Å². The second-order valence-electron chi connectivity index (χ2n) is 3.53. The fourth-order valence-corrected chi connectivity index (χ4v) is 1.74. The molecule has 0 bridgehead atoms. The number of nitrogens with one attached hydrogen (secondary N) is 1. The molecule has 1 N–H and O–H groups in total. The lowest BCUT2D eigenvalue weighted by Crippen LogP contribution is -2.12. The molecule has 15 heavy (non-hydrogen) atoms. The van der Waals surface area contributed by atoms with E-state index in [0.29, 0.717) is 5.39 Å². The molecule has 2 rings (SSSR count). The van der Waals surface area contributed by atoms with Crippen molar-refractivity contribution < 1.29 is 4.39 Å². The first-order valence-corrected chi connectivity index (χ1v) is 5.19. The second kappa shape index (κ2) is 4.41. The number of hydrogen-bond donors (Lipinski definition) is 1. The zero-order valence-corrected chi connectivity index (χ0v) is 8.76. The predicted molar refractivity (Wildman–Crippen MR) is 61.3 cm³/mol. The molecule has 0 unspecified atom stereocenters. The summed E-state index contributed by atoms with van der Waals surface area (Å²) in [7, 11) is 0. The van der Waals surface area contributed by atoms with E-state index in [-0.39, 0.29) is 5.82 Å². The highest BCUT2D eigenvalue weighted by molar-refractivity contribution is 5.86. The Kier molecular flexibility index (Phi) is 2.97. The molecule has 1 nitrogen and oxygen atoms in total. The lowest BCUT2D eigenvalue weighted by atomic mass is 10.0. The van der Waals surface area contributed by atoms with E-state index in [2.05, 4.69) is 12.2 Å². The minimum atomic E-state index is -0.147. The van der Waals surface area contributed by atoms with Gasteiger partial charge in [-0.05, 0) is 23.6 Å². The average Bonchev–Trinajstić information content (AvgIpc) is 2.29. The number of rotatable bonds is 3. The highest BCUT2D eigenvalue weighted by atomic mass is 19.1. The first-order valence-electron chi connectivity index (χ1n) is 5.19. The first-order chi connectivity index (χ1) is 7.33. The van der Waals surface area contributed by atoms with Crippen LogP contribution < -0.4 is 5.32 Å². The zero-order chi connectivity index (χ0) is 10.7. The van der Waals surface area contributed by atoms with E-state index in [9.17, 15) is 4.39 Å². The molecule has 0 aliphatic carbocycles. The second-order valence-corrected chi connectivity index (χ2v) is 3.53. The van der Waals surface area contributed by atoms with E-state index in [1.807, 2.05) is 30.3 Å². The summed E-state index contributed by atoms with van der Waals surface area (Å²) in [5, 5.41) is 4.95. The molecule has 0 saturated carbocycles. The van der Waals surface area contributed by atoms with Gasteiger partial charge in [-0.1, -0.05) is 37.3 Å². The molecule has 0 saturated heterocycles. The maximum atomic E-state index is 13.5. The van der Waals surface area contributed by atoms with Crippen LogP contribution in [-0.4, -0.2) is 6.54 Å². The van der Waals surface area contributed by atoms with Gasteiger partial charge < -0.3 is 5.32 Å². The van der Waals surface area contributed by atoms with Gasteiger partial charge in [-0.15, -0.1) is 0 Å². The van der Waals surface area contributed by atoms with Crippen molar-refractivity contribution >= 4 is 10.8 Å². The van der Waals surface area contributed by atoms with Crippen molar-refractivity contribution in [3.05, 3.63) is 47.8 Å². The molecule has 0 spiro atoms. The highest BCUT2D eigenvalue weighted by Gasteiger charge is 2.03. The molecule has 0 fully saturated rings. The largest absolute Gasteiger partial charge is 0.313 e. The Labute approximate surface area is 88.9 Å². The highest BCUT2D eigenvalue weighted by Crippen LogP contribution is 2.21. The van der Waals surface area contributed by atoms with Gasteiger partial charge in [0.05, 0.1) is 0 Å². The van der Waals surface area contributed by atoms with Gasteiger partial charge in [0.1, 0.15) is 5.82 Å². The standard InChI is InChI=1S/C13H14FN/c1-2-15-9-10-7-8-13(14)12-6-4-3-5-11(10)12/h3-8,15H,2,9H2,1H3. The summed E-state index contributed by atoms with van der Waals surface area (Å²) in [4.78, 5) is 0. The molecule has 0 atom stereocenters. The van der Waals surface area contributed by atoms with Crippen molar-refractivity contribution in [2.24, 2.45) is 0 Å². The smallest absolute Gasteiger partial charge is 0.131 e. The van der Waals surface area contributed by atoms with Gasteiger partial charge in [0.2, 0.25) is 0 Å². The average molecular weight is 203 g/mol. The Morgan fingerprint density at radius 1 is 1.07 bits per heavy atom. The molecule has 2 aromatic rings. The van der Waals surface area contributed by atoms with Crippen molar-refractivity contribution in [3.63, 3.8) is 0 Å². The monoisotopic (exact) mass is 203 g/mol. The molecule has 78 valence electrons. The van der Waals surface area contributed by atoms with Gasteiger partial charge in [0.25, 0.3) is 0 Å². The van der Waals surface area contributed by atoms with Crippen LogP contribution in [0.1, 0.15) is 12.5 Å². The fraction of sp³-hybridized carbons (Fsp3) is 0.231. The van der Waals surface area contributed by atoms with Crippen LogP contribution in [0.5, 0.6) is 0 Å². The molecule has 2 heteroatoms. The summed E-state index contributed by atoms with van der Waals surface area (Å²) in [6, 6.07) is 11.0. The van der Waals surface area contributed by atoms with Crippen LogP contribution in [0.4, 0.5) is 4.39 Å². The zero-order valence-electron chi connectivity index (χ0n) is 8.76.